The number of hydrogen-bond acceptors (Lipinski definition) is 7. The first kappa shape index (κ1) is 26.2. The lowest BCUT2D eigenvalue weighted by Gasteiger charge is -2.16. The average molecular weight is 542 g/mol. The fraction of sp³-hybridized carbons (Fsp3) is 0.308. The van der Waals surface area contributed by atoms with Crippen LogP contribution in [0.2, 0.25) is 5.02 Å². The minimum Gasteiger partial charge on any atom is -0.483 e. The van der Waals surface area contributed by atoms with E-state index in [0.717, 1.165) is 33.2 Å². The minimum absolute atomic E-state index is 0.151. The predicted octanol–water partition coefficient (Wildman–Crippen LogP) is 6.70. The molecular formula is C26H28ClN5O2S2. The minimum atomic E-state index is -0.329. The molecule has 0 radical (unpaired) electrons. The van der Waals surface area contributed by atoms with Crippen molar-refractivity contribution >= 4 is 45.7 Å². The third-order valence-corrected chi connectivity index (χ3v) is 8.21. The van der Waals surface area contributed by atoms with E-state index in [9.17, 15) is 4.79 Å². The highest BCUT2D eigenvalue weighted by molar-refractivity contribution is 7.99. The van der Waals surface area contributed by atoms with E-state index >= 15 is 0 Å². The number of aryl methyl sites for hydroxylation is 4. The lowest BCUT2D eigenvalue weighted by Crippen LogP contribution is -2.14. The molecule has 1 amide bonds. The van der Waals surface area contributed by atoms with Gasteiger partial charge in [-0.05, 0) is 75.1 Å². The van der Waals surface area contributed by atoms with E-state index < -0.39 is 0 Å². The number of hydrogen-bond donors (Lipinski definition) is 1. The number of carbonyl (C=O) groups excluding carboxylic acids is 1. The smallest absolute Gasteiger partial charge is 0.236 e. The number of rotatable bonds is 8. The molecule has 7 nitrogen and oxygen atoms in total. The number of ether oxygens (including phenoxy) is 1. The Morgan fingerprint density at radius 3 is 2.53 bits per heavy atom. The fourth-order valence-electron chi connectivity index (χ4n) is 3.69. The molecular weight excluding hydrogens is 514 g/mol. The van der Waals surface area contributed by atoms with E-state index in [0.29, 0.717) is 16.1 Å². The maximum absolute atomic E-state index is 12.6. The van der Waals surface area contributed by atoms with Gasteiger partial charge in [-0.3, -0.25) is 4.79 Å². The standard InChI is InChI=1S/C26H28ClN5O2S2/c1-14-7-8-19(9-15(14)2)21-12-35-25(28-21)29-22(33)13-36-26-31-30-24(32(26)6)18(5)34-20-10-16(3)23(27)17(4)11-20/h7-12,18H,13H2,1-6H3,(H,28,29,33). The van der Waals surface area contributed by atoms with E-state index in [1.165, 1.54) is 34.2 Å². The molecule has 0 aliphatic heterocycles. The first-order valence-corrected chi connectivity index (χ1v) is 13.6. The molecule has 188 valence electrons. The summed E-state index contributed by atoms with van der Waals surface area (Å²) in [6.45, 7) is 9.98. The van der Waals surface area contributed by atoms with Gasteiger partial charge < -0.3 is 14.6 Å². The highest BCUT2D eigenvalue weighted by atomic mass is 35.5. The molecule has 0 fully saturated rings. The molecule has 2 heterocycles. The number of carbonyl (C=O) groups is 1. The van der Waals surface area contributed by atoms with E-state index in [-0.39, 0.29) is 17.8 Å². The molecule has 0 bridgehead atoms. The molecule has 1 unspecified atom stereocenters. The largest absolute Gasteiger partial charge is 0.483 e. The monoisotopic (exact) mass is 541 g/mol. The number of halogens is 1. The zero-order valence-corrected chi connectivity index (χ0v) is 23.4. The lowest BCUT2D eigenvalue weighted by molar-refractivity contribution is -0.113. The summed E-state index contributed by atoms with van der Waals surface area (Å²) < 4.78 is 7.94. The number of nitrogens with one attached hydrogen (secondary N) is 1. The van der Waals surface area contributed by atoms with Gasteiger partial charge in [0.2, 0.25) is 5.91 Å². The van der Waals surface area contributed by atoms with Crippen molar-refractivity contribution in [1.29, 1.82) is 0 Å². The van der Waals surface area contributed by atoms with E-state index in [1.54, 1.807) is 0 Å². The zero-order valence-electron chi connectivity index (χ0n) is 21.0. The van der Waals surface area contributed by atoms with Crippen LogP contribution in [0.15, 0.2) is 40.9 Å². The van der Waals surface area contributed by atoms with Crippen LogP contribution in [0.1, 0.15) is 41.1 Å². The highest BCUT2D eigenvalue weighted by Crippen LogP contribution is 2.30. The average Bonchev–Trinajstić information content (AvgIpc) is 3.44. The summed E-state index contributed by atoms with van der Waals surface area (Å²) in [5.74, 6) is 1.43. The third kappa shape index (κ3) is 5.91. The molecule has 2 aromatic heterocycles. The fourth-order valence-corrected chi connectivity index (χ4v) is 5.25. The van der Waals surface area contributed by atoms with E-state index in [1.807, 2.05) is 56.0 Å². The normalized spacial score (nSPS) is 12.0. The Morgan fingerprint density at radius 2 is 1.83 bits per heavy atom. The molecule has 0 spiro atoms. The van der Waals surface area contributed by atoms with Crippen LogP contribution < -0.4 is 10.1 Å². The van der Waals surface area contributed by atoms with Gasteiger partial charge in [-0.2, -0.15) is 0 Å². The summed E-state index contributed by atoms with van der Waals surface area (Å²) in [6, 6.07) is 10.1. The van der Waals surface area contributed by atoms with E-state index in [2.05, 4.69) is 46.5 Å². The highest BCUT2D eigenvalue weighted by Gasteiger charge is 2.19. The van der Waals surface area contributed by atoms with Gasteiger partial charge in [0.25, 0.3) is 0 Å². The summed E-state index contributed by atoms with van der Waals surface area (Å²) >= 11 is 8.99. The molecule has 1 atom stereocenters. The van der Waals surface area contributed by atoms with Crippen molar-refractivity contribution in [2.24, 2.45) is 7.05 Å². The van der Waals surface area contributed by atoms with Gasteiger partial charge in [-0.1, -0.05) is 35.5 Å². The summed E-state index contributed by atoms with van der Waals surface area (Å²) in [5, 5.41) is 15.3. The van der Waals surface area contributed by atoms with Crippen molar-refractivity contribution in [3.05, 3.63) is 68.8 Å². The van der Waals surface area contributed by atoms with Crippen molar-refractivity contribution in [1.82, 2.24) is 19.7 Å². The van der Waals surface area contributed by atoms with Gasteiger partial charge in [0.05, 0.1) is 11.4 Å². The van der Waals surface area contributed by atoms with Crippen LogP contribution in [-0.4, -0.2) is 31.4 Å². The first-order chi connectivity index (χ1) is 17.1. The topological polar surface area (TPSA) is 81.9 Å². The van der Waals surface area contributed by atoms with Crippen molar-refractivity contribution in [3.8, 4) is 17.0 Å². The van der Waals surface area contributed by atoms with Gasteiger partial charge in [-0.15, -0.1) is 21.5 Å². The Balaban J connectivity index is 1.34. The number of thioether (sulfide) groups is 1. The number of nitrogens with zero attached hydrogens (tertiary/aromatic N) is 4. The van der Waals surface area contributed by atoms with Gasteiger partial charge >= 0.3 is 0 Å². The molecule has 0 aliphatic carbocycles. The van der Waals surface area contributed by atoms with Crippen molar-refractivity contribution in [3.63, 3.8) is 0 Å². The van der Waals surface area contributed by atoms with Crippen LogP contribution in [0.25, 0.3) is 11.3 Å². The second-order valence-corrected chi connectivity index (χ2v) is 10.9. The van der Waals surface area contributed by atoms with Crippen LogP contribution in [0.5, 0.6) is 5.75 Å². The lowest BCUT2D eigenvalue weighted by atomic mass is 10.1. The van der Waals surface area contributed by atoms with Crippen LogP contribution in [0.4, 0.5) is 5.13 Å². The molecule has 1 N–H and O–H groups in total. The molecule has 10 heteroatoms. The third-order valence-electron chi connectivity index (χ3n) is 5.84. The quantitative estimate of drug-likeness (QED) is 0.250. The first-order valence-electron chi connectivity index (χ1n) is 11.4. The predicted molar refractivity (Wildman–Crippen MR) is 147 cm³/mol. The Hall–Kier alpha value is -2.88. The molecule has 36 heavy (non-hydrogen) atoms. The maximum atomic E-state index is 12.6. The Morgan fingerprint density at radius 1 is 1.11 bits per heavy atom. The molecule has 0 saturated heterocycles. The molecule has 2 aromatic carbocycles. The van der Waals surface area contributed by atoms with Crippen molar-refractivity contribution in [2.75, 3.05) is 11.1 Å². The number of amides is 1. The SMILES string of the molecule is Cc1ccc(-c2csc(NC(=O)CSc3nnc(C(C)Oc4cc(C)c(Cl)c(C)c4)n3C)n2)cc1C. The van der Waals surface area contributed by atoms with Crippen LogP contribution in [0.3, 0.4) is 0 Å². The van der Waals surface area contributed by atoms with Gasteiger partial charge in [0.15, 0.2) is 22.2 Å². The number of thiazole rings is 1. The molecule has 0 saturated carbocycles. The van der Waals surface area contributed by atoms with Gasteiger partial charge in [0, 0.05) is 23.0 Å². The Bertz CT molecular complexity index is 1390. The summed E-state index contributed by atoms with van der Waals surface area (Å²) in [4.78, 5) is 17.1. The number of aromatic nitrogens is 4. The van der Waals surface area contributed by atoms with E-state index in [4.69, 9.17) is 16.3 Å². The van der Waals surface area contributed by atoms with Crippen LogP contribution >= 0.6 is 34.7 Å². The van der Waals surface area contributed by atoms with Gasteiger partial charge in [-0.25, -0.2) is 4.98 Å². The van der Waals surface area contributed by atoms with Crippen molar-refractivity contribution in [2.45, 2.75) is 45.9 Å². The summed E-state index contributed by atoms with van der Waals surface area (Å²) in [5.41, 5.74) is 6.26. The second-order valence-electron chi connectivity index (χ2n) is 8.70. The van der Waals surface area contributed by atoms with Crippen molar-refractivity contribution < 1.29 is 9.53 Å². The Kier molecular flexibility index (Phi) is 8.02. The number of anilines is 1. The second kappa shape index (κ2) is 11.0. The molecule has 0 aliphatic rings. The zero-order chi connectivity index (χ0) is 26.0. The Labute approximate surface area is 224 Å². The van der Waals surface area contributed by atoms with Gasteiger partial charge in [0.1, 0.15) is 5.75 Å². The summed E-state index contributed by atoms with van der Waals surface area (Å²) in [6.07, 6.45) is -0.329. The molecule has 4 rings (SSSR count). The van der Waals surface area contributed by atoms with Crippen LogP contribution in [0, 0.1) is 27.7 Å². The van der Waals surface area contributed by atoms with Crippen LogP contribution in [-0.2, 0) is 11.8 Å². The summed E-state index contributed by atoms with van der Waals surface area (Å²) in [7, 11) is 1.87. The number of benzene rings is 2. The maximum Gasteiger partial charge on any atom is 0.236 e. The molecule has 4 aromatic rings.